The molecule has 1 amide bonds. The van der Waals surface area contributed by atoms with Crippen LogP contribution in [-0.4, -0.2) is 5.91 Å². The first-order valence-corrected chi connectivity index (χ1v) is 3.09. The van der Waals surface area contributed by atoms with Crippen LogP contribution in [0.5, 0.6) is 0 Å². The zero-order valence-electron chi connectivity index (χ0n) is 6.15. The summed E-state index contributed by atoms with van der Waals surface area (Å²) < 4.78 is 0. The zero-order chi connectivity index (χ0) is 8.10. The van der Waals surface area contributed by atoms with E-state index in [2.05, 4.69) is 0 Å². The Morgan fingerprint density at radius 1 is 1.33 bits per heavy atom. The molecule has 0 aliphatic heterocycles. The first-order chi connectivity index (χ1) is 5.34. The minimum Gasteiger partial charge on any atom is -0.268 e. The van der Waals surface area contributed by atoms with Crippen LogP contribution in [0.25, 0.3) is 0 Å². The molecule has 0 saturated carbocycles. The molecule has 1 aromatic rings. The summed E-state index contributed by atoms with van der Waals surface area (Å²) in [7, 11) is 0. The lowest BCUT2D eigenvalue weighted by molar-refractivity contribution is 0.0973. The number of hydrogen-bond acceptors (Lipinski definition) is 2. The highest BCUT2D eigenvalue weighted by Gasteiger charge is 2.00. The second-order valence-corrected chi connectivity index (χ2v) is 1.93. The van der Waals surface area contributed by atoms with Crippen molar-refractivity contribution in [1.82, 2.24) is 5.32 Å². The van der Waals surface area contributed by atoms with E-state index in [1.807, 2.05) is 11.4 Å². The summed E-state index contributed by atoms with van der Waals surface area (Å²) in [5, 5.41) is 10.1. The van der Waals surface area contributed by atoms with E-state index in [1.165, 1.54) is 0 Å². The molecule has 0 unspecified atom stereocenters. The maximum Gasteiger partial charge on any atom is 0.264 e. The molecule has 0 fully saturated rings. The fourth-order valence-corrected chi connectivity index (χ4v) is 0.712. The summed E-state index contributed by atoms with van der Waals surface area (Å²) in [6, 6.07) is 8.58. The second-order valence-electron chi connectivity index (χ2n) is 1.93. The fraction of sp³-hybridized carbons (Fsp3) is 0. The first-order valence-electron chi connectivity index (χ1n) is 3.09. The van der Waals surface area contributed by atoms with Crippen molar-refractivity contribution in [1.29, 1.82) is 5.26 Å². The van der Waals surface area contributed by atoms with Crippen LogP contribution >= 0.6 is 17.0 Å². The average Bonchev–Trinajstić information content (AvgIpc) is 2.07. The number of nitrogens with zero attached hydrogens (tertiary/aromatic N) is 1. The smallest absolute Gasteiger partial charge is 0.264 e. The van der Waals surface area contributed by atoms with Gasteiger partial charge in [0.05, 0.1) is 0 Å². The van der Waals surface area contributed by atoms with E-state index in [9.17, 15) is 4.79 Å². The Morgan fingerprint density at radius 2 is 1.92 bits per heavy atom. The van der Waals surface area contributed by atoms with Gasteiger partial charge in [-0.3, -0.25) is 10.1 Å². The van der Waals surface area contributed by atoms with E-state index in [-0.39, 0.29) is 22.9 Å². The van der Waals surface area contributed by atoms with Crippen LogP contribution in [0.3, 0.4) is 0 Å². The van der Waals surface area contributed by atoms with Crippen LogP contribution in [0.1, 0.15) is 10.4 Å². The van der Waals surface area contributed by atoms with Gasteiger partial charge in [0.25, 0.3) is 5.91 Å². The lowest BCUT2D eigenvalue weighted by Crippen LogP contribution is -2.16. The third kappa shape index (κ3) is 2.72. The predicted octanol–water partition coefficient (Wildman–Crippen LogP) is 1.48. The average molecular weight is 227 g/mol. The number of carbonyl (C=O) groups excluding carboxylic acids is 1. The quantitative estimate of drug-likeness (QED) is 0.583. The number of nitrogens with one attached hydrogen (secondary N) is 1. The SMILES string of the molecule is Br.N#CNC(=O)c1ccccc1. The molecule has 0 spiro atoms. The Labute approximate surface area is 80.8 Å². The highest BCUT2D eigenvalue weighted by atomic mass is 79.9. The van der Waals surface area contributed by atoms with Gasteiger partial charge < -0.3 is 0 Å². The second kappa shape index (κ2) is 5.33. The molecule has 12 heavy (non-hydrogen) atoms. The summed E-state index contributed by atoms with van der Waals surface area (Å²) >= 11 is 0. The molecule has 0 heterocycles. The van der Waals surface area contributed by atoms with E-state index in [1.54, 1.807) is 30.5 Å². The van der Waals surface area contributed by atoms with Gasteiger partial charge in [-0.05, 0) is 12.1 Å². The van der Waals surface area contributed by atoms with E-state index in [0.717, 1.165) is 0 Å². The van der Waals surface area contributed by atoms with Crippen LogP contribution in [0.2, 0.25) is 0 Å². The van der Waals surface area contributed by atoms with Gasteiger partial charge in [-0.1, -0.05) is 18.2 Å². The van der Waals surface area contributed by atoms with E-state index in [0.29, 0.717) is 5.56 Å². The van der Waals surface area contributed by atoms with E-state index in [4.69, 9.17) is 5.26 Å². The molecule has 0 bridgehead atoms. The van der Waals surface area contributed by atoms with Crippen molar-refractivity contribution < 1.29 is 4.79 Å². The van der Waals surface area contributed by atoms with E-state index >= 15 is 0 Å². The molecule has 4 heteroatoms. The van der Waals surface area contributed by atoms with Gasteiger partial charge in [0.1, 0.15) is 0 Å². The van der Waals surface area contributed by atoms with Crippen molar-refractivity contribution in [2.75, 3.05) is 0 Å². The minimum absolute atomic E-state index is 0. The van der Waals surface area contributed by atoms with Gasteiger partial charge in [-0.15, -0.1) is 17.0 Å². The molecular weight excluding hydrogens is 220 g/mol. The van der Waals surface area contributed by atoms with Crippen LogP contribution in [-0.2, 0) is 0 Å². The van der Waals surface area contributed by atoms with Gasteiger partial charge >= 0.3 is 0 Å². The van der Waals surface area contributed by atoms with Gasteiger partial charge in [0.2, 0.25) is 0 Å². The lowest BCUT2D eigenvalue weighted by atomic mass is 10.2. The molecule has 1 aromatic carbocycles. The molecule has 1 rings (SSSR count). The predicted molar refractivity (Wildman–Crippen MR) is 49.8 cm³/mol. The summed E-state index contributed by atoms with van der Waals surface area (Å²) in [4.78, 5) is 10.9. The standard InChI is InChI=1S/C8H6N2O.BrH/c9-6-10-8(11)7-4-2-1-3-5-7;/h1-5H,(H,10,11);1H. The van der Waals surface area contributed by atoms with Crippen LogP contribution < -0.4 is 5.32 Å². The summed E-state index contributed by atoms with van der Waals surface area (Å²) in [6.45, 7) is 0. The molecular formula is C8H7BrN2O. The first kappa shape index (κ1) is 10.7. The monoisotopic (exact) mass is 226 g/mol. The van der Waals surface area contributed by atoms with Crippen LogP contribution in [0, 0.1) is 11.5 Å². The summed E-state index contributed by atoms with van der Waals surface area (Å²) in [5.41, 5.74) is 0.494. The topological polar surface area (TPSA) is 52.9 Å². The highest BCUT2D eigenvalue weighted by Crippen LogP contribution is 1.96. The molecule has 1 N–H and O–H groups in total. The van der Waals surface area contributed by atoms with Crippen molar-refractivity contribution in [3.8, 4) is 6.19 Å². The fourth-order valence-electron chi connectivity index (χ4n) is 0.712. The Kier molecular flexibility index (Phi) is 4.73. The van der Waals surface area contributed by atoms with Gasteiger partial charge in [0.15, 0.2) is 6.19 Å². The molecule has 62 valence electrons. The minimum atomic E-state index is -0.367. The molecule has 3 nitrogen and oxygen atoms in total. The van der Waals surface area contributed by atoms with Gasteiger partial charge in [-0.25, -0.2) is 0 Å². The zero-order valence-corrected chi connectivity index (χ0v) is 7.86. The number of halogens is 1. The van der Waals surface area contributed by atoms with E-state index < -0.39 is 0 Å². The third-order valence-electron chi connectivity index (χ3n) is 1.21. The number of rotatable bonds is 1. The Hall–Kier alpha value is -1.34. The molecule has 0 aromatic heterocycles. The van der Waals surface area contributed by atoms with Gasteiger partial charge in [-0.2, -0.15) is 5.26 Å². The summed E-state index contributed by atoms with van der Waals surface area (Å²) in [6.07, 6.45) is 1.57. The maximum atomic E-state index is 10.9. The normalized spacial score (nSPS) is 7.58. The number of benzene rings is 1. The molecule has 0 saturated heterocycles. The van der Waals surface area contributed by atoms with Crippen LogP contribution in [0.4, 0.5) is 0 Å². The molecule has 0 atom stereocenters. The highest BCUT2D eigenvalue weighted by molar-refractivity contribution is 8.93. The van der Waals surface area contributed by atoms with Crippen molar-refractivity contribution in [3.05, 3.63) is 35.9 Å². The number of carbonyl (C=O) groups is 1. The Balaban J connectivity index is 0.00000121. The Bertz CT molecular complexity index is 292. The van der Waals surface area contributed by atoms with Crippen molar-refractivity contribution in [2.45, 2.75) is 0 Å². The number of nitriles is 1. The summed E-state index contributed by atoms with van der Waals surface area (Å²) in [5.74, 6) is -0.367. The van der Waals surface area contributed by atoms with Crippen molar-refractivity contribution >= 4 is 22.9 Å². The molecule has 0 radical (unpaired) electrons. The molecule has 0 aliphatic rings. The largest absolute Gasteiger partial charge is 0.268 e. The molecule has 0 aliphatic carbocycles. The Morgan fingerprint density at radius 3 is 2.42 bits per heavy atom. The number of amides is 1. The third-order valence-corrected chi connectivity index (χ3v) is 1.21. The lowest BCUT2D eigenvalue weighted by Gasteiger charge is -1.94. The van der Waals surface area contributed by atoms with Crippen molar-refractivity contribution in [2.24, 2.45) is 0 Å². The van der Waals surface area contributed by atoms with Gasteiger partial charge in [0, 0.05) is 5.56 Å². The maximum absolute atomic E-state index is 10.9. The van der Waals surface area contributed by atoms with Crippen molar-refractivity contribution in [3.63, 3.8) is 0 Å². The number of hydrogen-bond donors (Lipinski definition) is 1. The van der Waals surface area contributed by atoms with Crippen LogP contribution in [0.15, 0.2) is 30.3 Å².